The summed E-state index contributed by atoms with van der Waals surface area (Å²) in [5.74, 6) is -0.994. The van der Waals surface area contributed by atoms with Gasteiger partial charge in [-0.1, -0.05) is 18.7 Å². The molecular formula is C6H12BF3KN. The molecule has 1 heterocycles. The molecule has 0 spiro atoms. The summed E-state index contributed by atoms with van der Waals surface area (Å²) in [6.07, 6.45) is 0.583. The maximum atomic E-state index is 12.1. The Kier molecular flexibility index (Phi) is 6.01. The number of halogens is 3. The minimum absolute atomic E-state index is 0. The van der Waals surface area contributed by atoms with Crippen molar-refractivity contribution < 1.29 is 64.3 Å². The van der Waals surface area contributed by atoms with Crippen molar-refractivity contribution in [1.82, 2.24) is 4.90 Å². The first kappa shape index (κ1) is 13.5. The van der Waals surface area contributed by atoms with E-state index >= 15 is 0 Å². The largest absolute Gasteiger partial charge is 1.00 e. The Morgan fingerprint density at radius 1 is 1.17 bits per heavy atom. The van der Waals surface area contributed by atoms with Crippen molar-refractivity contribution in [3.8, 4) is 0 Å². The van der Waals surface area contributed by atoms with Gasteiger partial charge in [-0.2, -0.15) is 0 Å². The Balaban J connectivity index is 0.00000121. The van der Waals surface area contributed by atoms with Crippen LogP contribution in [0.5, 0.6) is 0 Å². The van der Waals surface area contributed by atoms with E-state index in [9.17, 15) is 12.9 Å². The maximum Gasteiger partial charge on any atom is 1.00 e. The molecule has 0 saturated carbocycles. The molecule has 0 radical (unpaired) electrons. The summed E-state index contributed by atoms with van der Waals surface area (Å²) in [6.45, 7) is -3.40. The topological polar surface area (TPSA) is 3.24 Å². The fourth-order valence-electron chi connectivity index (χ4n) is 1.41. The molecular weight excluding hydrogens is 193 g/mol. The van der Waals surface area contributed by atoms with Gasteiger partial charge < -0.3 is 17.8 Å². The van der Waals surface area contributed by atoms with Crippen molar-refractivity contribution in [2.75, 3.05) is 20.1 Å². The van der Waals surface area contributed by atoms with Gasteiger partial charge in [-0.25, -0.2) is 0 Å². The molecule has 0 aromatic rings. The van der Waals surface area contributed by atoms with E-state index in [0.29, 0.717) is 25.9 Å². The molecule has 1 saturated heterocycles. The smallest absolute Gasteiger partial charge is 0.449 e. The van der Waals surface area contributed by atoms with Crippen LogP contribution in [0.3, 0.4) is 0 Å². The number of hydrogen-bond donors (Lipinski definition) is 0. The number of nitrogens with zero attached hydrogens (tertiary/aromatic N) is 1. The van der Waals surface area contributed by atoms with Crippen LogP contribution in [0, 0.1) is 0 Å². The molecule has 66 valence electrons. The van der Waals surface area contributed by atoms with Crippen LogP contribution in [0.4, 0.5) is 12.9 Å². The summed E-state index contributed by atoms with van der Waals surface area (Å²) in [5.41, 5.74) is 0. The summed E-state index contributed by atoms with van der Waals surface area (Å²) in [4.78, 5) is 1.94. The second-order valence-electron chi connectivity index (χ2n) is 3.27. The third-order valence-electron chi connectivity index (χ3n) is 2.30. The molecule has 1 aliphatic heterocycles. The Morgan fingerprint density at radius 3 is 1.92 bits per heavy atom. The van der Waals surface area contributed by atoms with Crippen molar-refractivity contribution in [2.45, 2.75) is 18.7 Å². The Morgan fingerprint density at radius 2 is 1.58 bits per heavy atom. The van der Waals surface area contributed by atoms with Gasteiger partial charge in [-0.05, 0) is 20.1 Å². The average Bonchev–Trinajstić information content (AvgIpc) is 1.86. The summed E-state index contributed by atoms with van der Waals surface area (Å²) >= 11 is 0. The quantitative estimate of drug-likeness (QED) is 0.493. The standard InChI is InChI=1S/C6H12BF3N.K/c1-11-4-2-6(3-5-11)7(8,9)10;/h6H,2-5H2,1H3;/q-1;+1. The monoisotopic (exact) mass is 205 g/mol. The number of rotatable bonds is 1. The van der Waals surface area contributed by atoms with Gasteiger partial charge in [0.25, 0.3) is 0 Å². The molecule has 0 amide bonds. The van der Waals surface area contributed by atoms with Crippen LogP contribution in [-0.2, 0) is 0 Å². The zero-order valence-corrected chi connectivity index (χ0v) is 10.7. The van der Waals surface area contributed by atoms with Crippen molar-refractivity contribution in [2.24, 2.45) is 0 Å². The van der Waals surface area contributed by atoms with Crippen LogP contribution >= 0.6 is 0 Å². The Labute approximate surface area is 114 Å². The van der Waals surface area contributed by atoms with Crippen LogP contribution in [-0.4, -0.2) is 32.0 Å². The summed E-state index contributed by atoms with van der Waals surface area (Å²) < 4.78 is 36.3. The van der Waals surface area contributed by atoms with Crippen molar-refractivity contribution in [3.05, 3.63) is 0 Å². The third-order valence-corrected chi connectivity index (χ3v) is 2.30. The van der Waals surface area contributed by atoms with E-state index in [4.69, 9.17) is 0 Å². The first-order valence-electron chi connectivity index (χ1n) is 3.88. The van der Waals surface area contributed by atoms with Crippen LogP contribution in [0.2, 0.25) is 5.82 Å². The van der Waals surface area contributed by atoms with E-state index < -0.39 is 12.8 Å². The van der Waals surface area contributed by atoms with Crippen molar-refractivity contribution in [1.29, 1.82) is 0 Å². The molecule has 0 atom stereocenters. The molecule has 6 heteroatoms. The second-order valence-corrected chi connectivity index (χ2v) is 3.27. The molecule has 0 unspecified atom stereocenters. The van der Waals surface area contributed by atoms with E-state index in [-0.39, 0.29) is 51.4 Å². The molecule has 1 aliphatic rings. The van der Waals surface area contributed by atoms with Gasteiger partial charge in [-0.15, -0.1) is 0 Å². The number of likely N-dealkylation sites (tertiary alicyclic amines) is 1. The van der Waals surface area contributed by atoms with Crippen molar-refractivity contribution in [3.63, 3.8) is 0 Å². The molecule has 1 nitrogen and oxygen atoms in total. The van der Waals surface area contributed by atoms with Crippen LogP contribution in [0.1, 0.15) is 12.8 Å². The Bertz CT molecular complexity index is 133. The molecule has 1 rings (SSSR count). The van der Waals surface area contributed by atoms with Crippen LogP contribution in [0.25, 0.3) is 0 Å². The minimum atomic E-state index is -4.57. The second kappa shape index (κ2) is 5.36. The van der Waals surface area contributed by atoms with Gasteiger partial charge >= 0.3 is 58.4 Å². The van der Waals surface area contributed by atoms with E-state index in [1.54, 1.807) is 0 Å². The molecule has 12 heavy (non-hydrogen) atoms. The molecule has 0 aromatic heterocycles. The summed E-state index contributed by atoms with van der Waals surface area (Å²) in [6, 6.07) is 0. The van der Waals surface area contributed by atoms with E-state index in [0.717, 1.165) is 0 Å². The maximum absolute atomic E-state index is 12.1. The zero-order valence-electron chi connectivity index (χ0n) is 7.56. The third kappa shape index (κ3) is 4.11. The molecule has 0 bridgehead atoms. The fourth-order valence-corrected chi connectivity index (χ4v) is 1.41. The van der Waals surface area contributed by atoms with Crippen molar-refractivity contribution >= 4 is 6.98 Å². The predicted octanol–water partition coefficient (Wildman–Crippen LogP) is -1.07. The number of piperidine rings is 1. The molecule has 1 fully saturated rings. The molecule has 0 aromatic carbocycles. The first-order chi connectivity index (χ1) is 5.00. The van der Waals surface area contributed by atoms with Gasteiger partial charge in [0.15, 0.2) is 0 Å². The van der Waals surface area contributed by atoms with E-state index in [1.165, 1.54) is 0 Å². The van der Waals surface area contributed by atoms with Gasteiger partial charge in [-0.3, -0.25) is 0 Å². The summed E-state index contributed by atoms with van der Waals surface area (Å²) in [7, 11) is 1.86. The van der Waals surface area contributed by atoms with E-state index in [1.807, 2.05) is 11.9 Å². The van der Waals surface area contributed by atoms with Crippen LogP contribution in [0.15, 0.2) is 0 Å². The minimum Gasteiger partial charge on any atom is -0.449 e. The predicted molar refractivity (Wildman–Crippen MR) is 39.6 cm³/mol. The fraction of sp³-hybridized carbons (Fsp3) is 1.00. The first-order valence-corrected chi connectivity index (χ1v) is 3.88. The summed E-state index contributed by atoms with van der Waals surface area (Å²) in [5, 5.41) is 0. The molecule has 0 aliphatic carbocycles. The molecule has 0 N–H and O–H groups in total. The zero-order chi connectivity index (χ0) is 8.48. The van der Waals surface area contributed by atoms with Gasteiger partial charge in [0, 0.05) is 0 Å². The normalized spacial score (nSPS) is 22.0. The van der Waals surface area contributed by atoms with Gasteiger partial charge in [0.1, 0.15) is 0 Å². The number of hydrogen-bond acceptors (Lipinski definition) is 1. The van der Waals surface area contributed by atoms with E-state index in [2.05, 4.69) is 0 Å². The van der Waals surface area contributed by atoms with Gasteiger partial charge in [0.05, 0.1) is 0 Å². The van der Waals surface area contributed by atoms with Gasteiger partial charge in [0.2, 0.25) is 0 Å². The van der Waals surface area contributed by atoms with Crippen LogP contribution < -0.4 is 51.4 Å². The average molecular weight is 205 g/mol. The SMILES string of the molecule is CN1CCC([B-](F)(F)F)CC1.[K+]. The Hall–Kier alpha value is 1.45.